The molecule has 0 radical (unpaired) electrons. The van der Waals surface area contributed by atoms with Crippen molar-refractivity contribution in [1.29, 1.82) is 0 Å². The van der Waals surface area contributed by atoms with E-state index in [2.05, 4.69) is 31.2 Å². The molecule has 1 rings (SSSR count). The number of aromatic nitrogens is 2. The third-order valence-electron chi connectivity index (χ3n) is 1.59. The lowest BCUT2D eigenvalue weighted by Gasteiger charge is -2.05. The lowest BCUT2D eigenvalue weighted by Crippen LogP contribution is -2.15. The largest absolute Gasteiger partial charge is 0.369 e. The first-order valence-corrected chi connectivity index (χ1v) is 7.15. The number of anilines is 1. The molecule has 0 saturated carbocycles. The fourth-order valence-corrected chi connectivity index (χ4v) is 1.93. The predicted octanol–water partition coefficient (Wildman–Crippen LogP) is 1.00. The number of rotatable bonds is 4. The van der Waals surface area contributed by atoms with Gasteiger partial charge >= 0.3 is 0 Å². The fraction of sp³-hybridized carbons (Fsp3) is 0.500. The van der Waals surface area contributed by atoms with E-state index < -0.39 is 9.84 Å². The number of nitrogens with one attached hydrogen (secondary N) is 1. The van der Waals surface area contributed by atoms with Crippen molar-refractivity contribution in [3.8, 4) is 0 Å². The number of sulfone groups is 1. The maximum Gasteiger partial charge on any atom is 0.149 e. The molecule has 0 unspecified atom stereocenters. The topological polar surface area (TPSA) is 72.0 Å². The normalized spacial score (nSPS) is 11.4. The monoisotopic (exact) mass is 293 g/mol. The lowest BCUT2D eigenvalue weighted by molar-refractivity contribution is 0.602. The van der Waals surface area contributed by atoms with Crippen LogP contribution >= 0.6 is 15.9 Å². The van der Waals surface area contributed by atoms with Crippen molar-refractivity contribution >= 4 is 31.6 Å². The molecule has 0 atom stereocenters. The first kappa shape index (κ1) is 12.4. The molecule has 84 valence electrons. The maximum absolute atomic E-state index is 10.9. The quantitative estimate of drug-likeness (QED) is 0.839. The summed E-state index contributed by atoms with van der Waals surface area (Å²) in [5.41, 5.74) is 0. The van der Waals surface area contributed by atoms with Gasteiger partial charge in [-0.15, -0.1) is 0 Å². The van der Waals surface area contributed by atoms with E-state index in [-0.39, 0.29) is 5.75 Å². The molecule has 0 saturated heterocycles. The van der Waals surface area contributed by atoms with E-state index in [1.807, 2.05) is 0 Å². The highest BCUT2D eigenvalue weighted by Crippen LogP contribution is 2.11. The van der Waals surface area contributed by atoms with Gasteiger partial charge in [-0.2, -0.15) is 0 Å². The first-order chi connectivity index (χ1) is 6.87. The van der Waals surface area contributed by atoms with Crippen molar-refractivity contribution in [3.05, 3.63) is 16.5 Å². The van der Waals surface area contributed by atoms with Crippen LogP contribution in [0, 0.1) is 6.92 Å². The standard InChI is InChI=1S/C8H12BrN3O2S/c1-6-11-7(9)5-8(12-6)10-3-4-15(2,13)14/h5H,3-4H2,1-2H3,(H,10,11,12). The van der Waals surface area contributed by atoms with Crippen molar-refractivity contribution in [2.75, 3.05) is 23.9 Å². The molecule has 0 aliphatic carbocycles. The molecule has 0 spiro atoms. The van der Waals surface area contributed by atoms with Crippen LogP contribution in [0.4, 0.5) is 5.82 Å². The van der Waals surface area contributed by atoms with Gasteiger partial charge in [-0.05, 0) is 22.9 Å². The molecule has 0 bridgehead atoms. The lowest BCUT2D eigenvalue weighted by atomic mass is 10.5. The average molecular weight is 294 g/mol. The van der Waals surface area contributed by atoms with Crippen LogP contribution in [0.1, 0.15) is 5.82 Å². The molecule has 0 amide bonds. The molecule has 0 fully saturated rings. The summed E-state index contributed by atoms with van der Waals surface area (Å²) in [4.78, 5) is 8.14. The number of halogens is 1. The van der Waals surface area contributed by atoms with Crippen LogP contribution < -0.4 is 5.32 Å². The Bertz CT molecular complexity index is 427. The zero-order chi connectivity index (χ0) is 11.5. The summed E-state index contributed by atoms with van der Waals surface area (Å²) in [6.45, 7) is 2.12. The Hall–Kier alpha value is -0.690. The molecule has 1 aromatic heterocycles. The summed E-state index contributed by atoms with van der Waals surface area (Å²) < 4.78 is 22.4. The zero-order valence-corrected chi connectivity index (χ0v) is 10.9. The average Bonchev–Trinajstić information content (AvgIpc) is 1.99. The van der Waals surface area contributed by atoms with E-state index >= 15 is 0 Å². The Kier molecular flexibility index (Phi) is 4.04. The van der Waals surface area contributed by atoms with Crippen LogP contribution in [0.25, 0.3) is 0 Å². The van der Waals surface area contributed by atoms with Crippen LogP contribution in [-0.4, -0.2) is 36.9 Å². The number of aryl methyl sites for hydroxylation is 1. The van der Waals surface area contributed by atoms with Crippen LogP contribution in [0.3, 0.4) is 0 Å². The minimum atomic E-state index is -2.93. The summed E-state index contributed by atoms with van der Waals surface area (Å²) in [7, 11) is -2.93. The first-order valence-electron chi connectivity index (χ1n) is 4.29. The van der Waals surface area contributed by atoms with Gasteiger partial charge in [-0.3, -0.25) is 0 Å². The third-order valence-corrected chi connectivity index (χ3v) is 2.94. The predicted molar refractivity (Wildman–Crippen MR) is 62.7 cm³/mol. The van der Waals surface area contributed by atoms with Gasteiger partial charge in [0.2, 0.25) is 0 Å². The summed E-state index contributed by atoms with van der Waals surface area (Å²) in [6, 6.07) is 1.70. The maximum atomic E-state index is 10.9. The minimum absolute atomic E-state index is 0.0909. The van der Waals surface area contributed by atoms with E-state index in [1.165, 1.54) is 6.26 Å². The van der Waals surface area contributed by atoms with Crippen LogP contribution in [0.5, 0.6) is 0 Å². The van der Waals surface area contributed by atoms with Gasteiger partial charge in [0.1, 0.15) is 26.1 Å². The highest BCUT2D eigenvalue weighted by molar-refractivity contribution is 9.10. The van der Waals surface area contributed by atoms with Crippen molar-refractivity contribution in [2.24, 2.45) is 0 Å². The van der Waals surface area contributed by atoms with Gasteiger partial charge < -0.3 is 5.32 Å². The molecule has 1 heterocycles. The van der Waals surface area contributed by atoms with Gasteiger partial charge in [0, 0.05) is 18.9 Å². The molecule has 7 heteroatoms. The Labute approximate surface area is 97.4 Å². The van der Waals surface area contributed by atoms with Crippen LogP contribution in [-0.2, 0) is 9.84 Å². The Morgan fingerprint density at radius 1 is 1.47 bits per heavy atom. The smallest absolute Gasteiger partial charge is 0.149 e. The van der Waals surface area contributed by atoms with Gasteiger partial charge in [-0.25, -0.2) is 18.4 Å². The number of nitrogens with zero attached hydrogens (tertiary/aromatic N) is 2. The van der Waals surface area contributed by atoms with E-state index in [9.17, 15) is 8.42 Å². The highest BCUT2D eigenvalue weighted by atomic mass is 79.9. The third kappa shape index (κ3) is 5.08. The molecule has 5 nitrogen and oxygen atoms in total. The van der Waals surface area contributed by atoms with Crippen LogP contribution in [0.15, 0.2) is 10.7 Å². The minimum Gasteiger partial charge on any atom is -0.369 e. The molecule has 0 aliphatic rings. The van der Waals surface area contributed by atoms with Gasteiger partial charge in [0.25, 0.3) is 0 Å². The molecular weight excluding hydrogens is 282 g/mol. The molecular formula is C8H12BrN3O2S. The Balaban J connectivity index is 2.58. The second-order valence-corrected chi connectivity index (χ2v) is 6.25. The van der Waals surface area contributed by atoms with Gasteiger partial charge in [-0.1, -0.05) is 0 Å². The van der Waals surface area contributed by atoms with E-state index in [0.717, 1.165) is 0 Å². The van der Waals surface area contributed by atoms with Crippen molar-refractivity contribution in [3.63, 3.8) is 0 Å². The van der Waals surface area contributed by atoms with Crippen molar-refractivity contribution in [1.82, 2.24) is 9.97 Å². The molecule has 0 aliphatic heterocycles. The second kappa shape index (κ2) is 4.89. The zero-order valence-electron chi connectivity index (χ0n) is 8.49. The Morgan fingerprint density at radius 2 is 2.13 bits per heavy atom. The molecule has 1 N–H and O–H groups in total. The number of hydrogen-bond donors (Lipinski definition) is 1. The van der Waals surface area contributed by atoms with Crippen molar-refractivity contribution in [2.45, 2.75) is 6.92 Å². The number of hydrogen-bond acceptors (Lipinski definition) is 5. The second-order valence-electron chi connectivity index (χ2n) is 3.18. The SMILES string of the molecule is Cc1nc(Br)cc(NCCS(C)(=O)=O)n1. The Morgan fingerprint density at radius 3 is 2.67 bits per heavy atom. The van der Waals surface area contributed by atoms with E-state index in [1.54, 1.807) is 13.0 Å². The molecule has 0 aromatic carbocycles. The summed E-state index contributed by atoms with van der Waals surface area (Å²) in [6.07, 6.45) is 1.20. The van der Waals surface area contributed by atoms with E-state index in [4.69, 9.17) is 0 Å². The van der Waals surface area contributed by atoms with Gasteiger partial charge in [0.05, 0.1) is 5.75 Å². The molecule has 1 aromatic rings. The van der Waals surface area contributed by atoms with Gasteiger partial charge in [0.15, 0.2) is 0 Å². The van der Waals surface area contributed by atoms with Crippen molar-refractivity contribution < 1.29 is 8.42 Å². The summed E-state index contributed by atoms with van der Waals surface area (Å²) in [5, 5.41) is 2.92. The van der Waals surface area contributed by atoms with Crippen LogP contribution in [0.2, 0.25) is 0 Å². The summed E-state index contributed by atoms with van der Waals surface area (Å²) >= 11 is 3.24. The summed E-state index contributed by atoms with van der Waals surface area (Å²) in [5.74, 6) is 1.34. The molecule has 15 heavy (non-hydrogen) atoms. The fourth-order valence-electron chi connectivity index (χ4n) is 0.986. The highest BCUT2D eigenvalue weighted by Gasteiger charge is 2.03. The van der Waals surface area contributed by atoms with E-state index in [0.29, 0.717) is 22.8 Å².